The maximum absolute atomic E-state index is 8.66. The third-order valence-electron chi connectivity index (χ3n) is 1.92. The summed E-state index contributed by atoms with van der Waals surface area (Å²) in [6.45, 7) is 0. The first-order valence-corrected chi connectivity index (χ1v) is 5.84. The number of methoxy groups -OCH3 is 1. The lowest BCUT2D eigenvalue weighted by atomic mass is 10.3. The molecule has 0 aromatic heterocycles. The van der Waals surface area contributed by atoms with Gasteiger partial charge < -0.3 is 14.9 Å². The number of thioether (sulfide) groups is 1. The van der Waals surface area contributed by atoms with E-state index in [0.717, 1.165) is 22.8 Å². The molecule has 0 atom stereocenters. The van der Waals surface area contributed by atoms with E-state index in [4.69, 9.17) is 14.9 Å². The van der Waals surface area contributed by atoms with Gasteiger partial charge in [0.2, 0.25) is 0 Å². The van der Waals surface area contributed by atoms with Crippen molar-refractivity contribution in [2.45, 2.75) is 24.0 Å². The molecule has 4 heteroatoms. The third-order valence-corrected chi connectivity index (χ3v) is 3.00. The summed E-state index contributed by atoms with van der Waals surface area (Å²) in [5.74, 6) is 1.73. The van der Waals surface area contributed by atoms with Crippen LogP contribution in [0.4, 0.5) is 0 Å². The van der Waals surface area contributed by atoms with Crippen molar-refractivity contribution in [3.63, 3.8) is 0 Å². The smallest absolute Gasteiger partial charge is 0.151 e. The molecule has 0 fully saturated rings. The van der Waals surface area contributed by atoms with Crippen molar-refractivity contribution < 1.29 is 14.9 Å². The van der Waals surface area contributed by atoms with E-state index in [-0.39, 0.29) is 0 Å². The second-order valence-electron chi connectivity index (χ2n) is 3.15. The zero-order chi connectivity index (χ0) is 11.1. The van der Waals surface area contributed by atoms with Crippen LogP contribution in [0.1, 0.15) is 12.8 Å². The van der Waals surface area contributed by atoms with Gasteiger partial charge in [-0.25, -0.2) is 0 Å². The molecule has 0 bridgehead atoms. The van der Waals surface area contributed by atoms with Gasteiger partial charge >= 0.3 is 0 Å². The minimum absolute atomic E-state index is 0.428. The van der Waals surface area contributed by atoms with Gasteiger partial charge in [0.05, 0.1) is 7.11 Å². The quantitative estimate of drug-likeness (QED) is 0.443. The first-order chi connectivity index (χ1) is 7.22. The molecule has 0 aliphatic carbocycles. The fourth-order valence-electron chi connectivity index (χ4n) is 1.15. The van der Waals surface area contributed by atoms with Crippen LogP contribution in [0.5, 0.6) is 5.75 Å². The van der Waals surface area contributed by atoms with Gasteiger partial charge in [-0.2, -0.15) is 0 Å². The van der Waals surface area contributed by atoms with Crippen molar-refractivity contribution in [3.05, 3.63) is 24.3 Å². The first kappa shape index (κ1) is 12.4. The van der Waals surface area contributed by atoms with Crippen molar-refractivity contribution in [1.82, 2.24) is 0 Å². The molecular weight excluding hydrogens is 212 g/mol. The molecule has 0 heterocycles. The average Bonchev–Trinajstić information content (AvgIpc) is 2.24. The number of hydrogen-bond acceptors (Lipinski definition) is 4. The monoisotopic (exact) mass is 228 g/mol. The summed E-state index contributed by atoms with van der Waals surface area (Å²) < 4.78 is 5.11. The summed E-state index contributed by atoms with van der Waals surface area (Å²) in [7, 11) is 1.64. The molecule has 0 amide bonds. The Morgan fingerprint density at radius 3 is 2.87 bits per heavy atom. The molecule has 0 aliphatic rings. The van der Waals surface area contributed by atoms with E-state index in [1.54, 1.807) is 18.9 Å². The Balaban J connectivity index is 2.30. The molecule has 2 N–H and O–H groups in total. The van der Waals surface area contributed by atoms with E-state index in [1.807, 2.05) is 24.3 Å². The Bertz CT molecular complexity index is 289. The molecule has 0 radical (unpaired) electrons. The lowest BCUT2D eigenvalue weighted by Crippen LogP contribution is -2.03. The topological polar surface area (TPSA) is 49.7 Å². The molecule has 84 valence electrons. The Morgan fingerprint density at radius 1 is 1.40 bits per heavy atom. The second-order valence-corrected chi connectivity index (χ2v) is 4.32. The largest absolute Gasteiger partial charge is 0.497 e. The molecular formula is C11H16O3S. The summed E-state index contributed by atoms with van der Waals surface area (Å²) in [5, 5.41) is 17.3. The highest BCUT2D eigenvalue weighted by Crippen LogP contribution is 2.23. The summed E-state index contributed by atoms with van der Waals surface area (Å²) in [6.07, 6.45) is 0.0344. The van der Waals surface area contributed by atoms with E-state index >= 15 is 0 Å². The molecule has 0 unspecified atom stereocenters. The average molecular weight is 228 g/mol. The molecule has 15 heavy (non-hydrogen) atoms. The Hall–Kier alpha value is -0.710. The summed E-state index contributed by atoms with van der Waals surface area (Å²) in [5.41, 5.74) is 0. The maximum Gasteiger partial charge on any atom is 0.151 e. The van der Waals surface area contributed by atoms with Crippen LogP contribution in [0.15, 0.2) is 29.2 Å². The van der Waals surface area contributed by atoms with E-state index in [2.05, 4.69) is 0 Å². The van der Waals surface area contributed by atoms with Gasteiger partial charge in [0.25, 0.3) is 0 Å². The van der Waals surface area contributed by atoms with Gasteiger partial charge in [-0.15, -0.1) is 11.8 Å². The number of ether oxygens (including phenoxy) is 1. The summed E-state index contributed by atoms with van der Waals surface area (Å²) in [4.78, 5) is 1.14. The number of rotatable bonds is 6. The van der Waals surface area contributed by atoms with Crippen molar-refractivity contribution in [3.8, 4) is 5.75 Å². The Kier molecular flexibility index (Phi) is 5.53. The minimum Gasteiger partial charge on any atom is -0.497 e. The zero-order valence-corrected chi connectivity index (χ0v) is 9.54. The van der Waals surface area contributed by atoms with Gasteiger partial charge in [-0.3, -0.25) is 0 Å². The van der Waals surface area contributed by atoms with E-state index in [0.29, 0.717) is 6.42 Å². The van der Waals surface area contributed by atoms with Crippen LogP contribution in [0.25, 0.3) is 0 Å². The lowest BCUT2D eigenvalue weighted by molar-refractivity contribution is -0.0451. The van der Waals surface area contributed by atoms with Crippen molar-refractivity contribution in [1.29, 1.82) is 0 Å². The van der Waals surface area contributed by atoms with Crippen LogP contribution >= 0.6 is 11.8 Å². The normalized spacial score (nSPS) is 10.7. The highest BCUT2D eigenvalue weighted by Gasteiger charge is 1.99. The number of benzene rings is 1. The summed E-state index contributed by atoms with van der Waals surface area (Å²) in [6, 6.07) is 7.84. The van der Waals surface area contributed by atoms with E-state index in [1.165, 1.54) is 0 Å². The lowest BCUT2D eigenvalue weighted by Gasteiger charge is -2.05. The van der Waals surface area contributed by atoms with Gasteiger partial charge in [-0.1, -0.05) is 6.07 Å². The van der Waals surface area contributed by atoms with E-state index < -0.39 is 6.29 Å². The maximum atomic E-state index is 8.66. The van der Waals surface area contributed by atoms with Crippen molar-refractivity contribution in [2.75, 3.05) is 12.9 Å². The zero-order valence-electron chi connectivity index (χ0n) is 8.72. The van der Waals surface area contributed by atoms with Gasteiger partial charge in [0.1, 0.15) is 5.75 Å². The number of aliphatic hydroxyl groups is 2. The molecule has 0 saturated heterocycles. The van der Waals surface area contributed by atoms with Crippen LogP contribution in [0.2, 0.25) is 0 Å². The predicted octanol–water partition coefficient (Wildman–Crippen LogP) is 1.88. The molecule has 3 nitrogen and oxygen atoms in total. The van der Waals surface area contributed by atoms with E-state index in [9.17, 15) is 0 Å². The van der Waals surface area contributed by atoms with Gasteiger partial charge in [0.15, 0.2) is 6.29 Å². The third kappa shape index (κ3) is 5.06. The molecule has 0 aliphatic heterocycles. The Morgan fingerprint density at radius 2 is 2.20 bits per heavy atom. The highest BCUT2D eigenvalue weighted by atomic mass is 32.2. The first-order valence-electron chi connectivity index (χ1n) is 4.85. The summed E-state index contributed by atoms with van der Waals surface area (Å²) >= 11 is 1.69. The predicted molar refractivity (Wildman–Crippen MR) is 61.2 cm³/mol. The number of aliphatic hydroxyl groups excluding tert-OH is 1. The Labute approximate surface area is 94.1 Å². The molecule has 0 spiro atoms. The van der Waals surface area contributed by atoms with Crippen LogP contribution in [-0.2, 0) is 0 Å². The second kappa shape index (κ2) is 6.71. The van der Waals surface area contributed by atoms with Crippen molar-refractivity contribution >= 4 is 11.8 Å². The minimum atomic E-state index is -1.18. The van der Waals surface area contributed by atoms with Gasteiger partial charge in [0, 0.05) is 4.90 Å². The standard InChI is InChI=1S/C11H16O3S/c1-14-9-4-2-5-10(8-9)15-7-3-6-11(12)13/h2,4-5,8,11-13H,3,6-7H2,1H3. The fraction of sp³-hybridized carbons (Fsp3) is 0.455. The molecule has 1 aromatic rings. The van der Waals surface area contributed by atoms with Crippen LogP contribution < -0.4 is 4.74 Å². The van der Waals surface area contributed by atoms with Crippen LogP contribution in [-0.4, -0.2) is 29.4 Å². The van der Waals surface area contributed by atoms with Gasteiger partial charge in [-0.05, 0) is 36.8 Å². The molecule has 1 aromatic carbocycles. The van der Waals surface area contributed by atoms with Crippen LogP contribution in [0, 0.1) is 0 Å². The van der Waals surface area contributed by atoms with Crippen molar-refractivity contribution in [2.24, 2.45) is 0 Å². The fourth-order valence-corrected chi connectivity index (χ4v) is 2.07. The number of hydrogen-bond donors (Lipinski definition) is 2. The highest BCUT2D eigenvalue weighted by molar-refractivity contribution is 7.99. The molecule has 1 rings (SSSR count). The molecule has 0 saturated carbocycles. The van der Waals surface area contributed by atoms with Crippen LogP contribution in [0.3, 0.4) is 0 Å². The SMILES string of the molecule is COc1cccc(SCCCC(O)O)c1.